The minimum Gasteiger partial charge on any atom is -0.312 e. The van der Waals surface area contributed by atoms with Crippen molar-refractivity contribution in [2.24, 2.45) is 7.05 Å². The maximum Gasteiger partial charge on any atom is 0.0906 e. The highest BCUT2D eigenvalue weighted by molar-refractivity contribution is 5.02. The van der Waals surface area contributed by atoms with E-state index in [0.717, 1.165) is 18.7 Å². The van der Waals surface area contributed by atoms with E-state index >= 15 is 0 Å². The van der Waals surface area contributed by atoms with Crippen LogP contribution in [0.4, 0.5) is 4.39 Å². The lowest BCUT2D eigenvalue weighted by Crippen LogP contribution is -2.14. The molecule has 0 atom stereocenters. The summed E-state index contributed by atoms with van der Waals surface area (Å²) in [6.07, 6.45) is 4.34. The van der Waals surface area contributed by atoms with Crippen LogP contribution in [0.1, 0.15) is 12.0 Å². The average molecular weight is 171 g/mol. The Labute approximate surface area is 71.6 Å². The Hall–Kier alpha value is -0.900. The van der Waals surface area contributed by atoms with Gasteiger partial charge in [0.25, 0.3) is 0 Å². The molecule has 1 rings (SSSR count). The Bertz CT molecular complexity index is 222. The lowest BCUT2D eigenvalue weighted by Gasteiger charge is -1.98. The van der Waals surface area contributed by atoms with Crippen molar-refractivity contribution in [3.8, 4) is 0 Å². The normalized spacial score (nSPS) is 10.5. The highest BCUT2D eigenvalue weighted by atomic mass is 19.1. The van der Waals surface area contributed by atoms with E-state index in [1.165, 1.54) is 0 Å². The molecule has 0 fully saturated rings. The first-order valence-electron chi connectivity index (χ1n) is 4.07. The largest absolute Gasteiger partial charge is 0.312 e. The van der Waals surface area contributed by atoms with Crippen LogP contribution in [0, 0.1) is 0 Å². The zero-order chi connectivity index (χ0) is 8.81. The van der Waals surface area contributed by atoms with Gasteiger partial charge in [0.15, 0.2) is 0 Å². The topological polar surface area (TPSA) is 29.9 Å². The molecule has 1 heterocycles. The van der Waals surface area contributed by atoms with Gasteiger partial charge < -0.3 is 5.32 Å². The molecule has 3 nitrogen and oxygen atoms in total. The number of rotatable bonds is 5. The van der Waals surface area contributed by atoms with Crippen LogP contribution in [0.25, 0.3) is 0 Å². The molecule has 0 amide bonds. The molecule has 0 aromatic carbocycles. The van der Waals surface area contributed by atoms with Crippen LogP contribution in [0.15, 0.2) is 12.4 Å². The standard InChI is InChI=1S/C8H14FN3/c1-12-7-8(6-11-12)5-10-4-2-3-9/h6-7,10H,2-5H2,1H3. The molecule has 0 saturated carbocycles. The van der Waals surface area contributed by atoms with Crippen molar-refractivity contribution in [2.45, 2.75) is 13.0 Å². The van der Waals surface area contributed by atoms with E-state index in [9.17, 15) is 4.39 Å². The Morgan fingerprint density at radius 3 is 3.08 bits per heavy atom. The van der Waals surface area contributed by atoms with E-state index in [1.54, 1.807) is 4.68 Å². The fourth-order valence-electron chi connectivity index (χ4n) is 0.988. The first-order chi connectivity index (χ1) is 5.83. The van der Waals surface area contributed by atoms with E-state index < -0.39 is 0 Å². The molecule has 0 unspecified atom stereocenters. The summed E-state index contributed by atoms with van der Waals surface area (Å²) in [5.41, 5.74) is 1.14. The molecule has 0 aliphatic carbocycles. The van der Waals surface area contributed by atoms with Gasteiger partial charge in [0.05, 0.1) is 12.9 Å². The fourth-order valence-corrected chi connectivity index (χ4v) is 0.988. The quantitative estimate of drug-likeness (QED) is 0.666. The summed E-state index contributed by atoms with van der Waals surface area (Å²) in [5.74, 6) is 0. The van der Waals surface area contributed by atoms with Crippen molar-refractivity contribution in [3.63, 3.8) is 0 Å². The molecule has 1 aromatic rings. The molecule has 68 valence electrons. The number of hydrogen-bond donors (Lipinski definition) is 1. The highest BCUT2D eigenvalue weighted by Gasteiger charge is 1.94. The summed E-state index contributed by atoms with van der Waals surface area (Å²) in [7, 11) is 1.88. The van der Waals surface area contributed by atoms with Crippen LogP contribution in [-0.2, 0) is 13.6 Å². The van der Waals surface area contributed by atoms with Crippen molar-refractivity contribution in [1.29, 1.82) is 0 Å². The Kier molecular flexibility index (Phi) is 3.73. The van der Waals surface area contributed by atoms with Gasteiger partial charge in [0, 0.05) is 25.4 Å². The predicted molar refractivity (Wildman–Crippen MR) is 45.5 cm³/mol. The van der Waals surface area contributed by atoms with Crippen molar-refractivity contribution < 1.29 is 4.39 Å². The molecule has 0 spiro atoms. The van der Waals surface area contributed by atoms with Crippen molar-refractivity contribution in [1.82, 2.24) is 15.1 Å². The van der Waals surface area contributed by atoms with Gasteiger partial charge in [-0.25, -0.2) is 0 Å². The van der Waals surface area contributed by atoms with Crippen LogP contribution in [0.5, 0.6) is 0 Å². The van der Waals surface area contributed by atoms with E-state index in [-0.39, 0.29) is 6.67 Å². The lowest BCUT2D eigenvalue weighted by molar-refractivity contribution is 0.459. The zero-order valence-corrected chi connectivity index (χ0v) is 7.26. The second-order valence-corrected chi connectivity index (χ2v) is 2.74. The summed E-state index contributed by atoms with van der Waals surface area (Å²) in [4.78, 5) is 0. The number of hydrogen-bond acceptors (Lipinski definition) is 2. The van der Waals surface area contributed by atoms with Gasteiger partial charge in [-0.05, 0) is 13.0 Å². The summed E-state index contributed by atoms with van der Waals surface area (Å²) < 4.78 is 13.4. The monoisotopic (exact) mass is 171 g/mol. The average Bonchev–Trinajstić information content (AvgIpc) is 2.45. The predicted octanol–water partition coefficient (Wildman–Crippen LogP) is 0.869. The van der Waals surface area contributed by atoms with Crippen LogP contribution < -0.4 is 5.32 Å². The summed E-state index contributed by atoms with van der Waals surface area (Å²) >= 11 is 0. The van der Waals surface area contributed by atoms with Crippen LogP contribution >= 0.6 is 0 Å². The molecule has 1 aromatic heterocycles. The highest BCUT2D eigenvalue weighted by Crippen LogP contribution is 1.94. The molecular weight excluding hydrogens is 157 g/mol. The van der Waals surface area contributed by atoms with Gasteiger partial charge in [-0.3, -0.25) is 9.07 Å². The second-order valence-electron chi connectivity index (χ2n) is 2.74. The van der Waals surface area contributed by atoms with E-state index in [1.807, 2.05) is 19.4 Å². The number of aromatic nitrogens is 2. The van der Waals surface area contributed by atoms with Crippen LogP contribution in [0.2, 0.25) is 0 Å². The third kappa shape index (κ3) is 3.00. The third-order valence-electron chi connectivity index (χ3n) is 1.57. The third-order valence-corrected chi connectivity index (χ3v) is 1.57. The molecule has 0 aliphatic heterocycles. The van der Waals surface area contributed by atoms with Gasteiger partial charge in [0.1, 0.15) is 0 Å². The number of nitrogens with zero attached hydrogens (tertiary/aromatic N) is 2. The smallest absolute Gasteiger partial charge is 0.0906 e. The van der Waals surface area contributed by atoms with Crippen LogP contribution in [0.3, 0.4) is 0 Å². The minimum absolute atomic E-state index is 0.250. The molecule has 0 radical (unpaired) electrons. The van der Waals surface area contributed by atoms with Gasteiger partial charge >= 0.3 is 0 Å². The van der Waals surface area contributed by atoms with Crippen LogP contribution in [-0.4, -0.2) is 23.0 Å². The molecule has 12 heavy (non-hydrogen) atoms. The summed E-state index contributed by atoms with van der Waals surface area (Å²) in [5, 5.41) is 7.14. The number of halogens is 1. The molecule has 0 saturated heterocycles. The minimum atomic E-state index is -0.250. The zero-order valence-electron chi connectivity index (χ0n) is 7.26. The van der Waals surface area contributed by atoms with E-state index in [4.69, 9.17) is 0 Å². The van der Waals surface area contributed by atoms with Gasteiger partial charge in [-0.2, -0.15) is 5.10 Å². The van der Waals surface area contributed by atoms with Crippen molar-refractivity contribution in [2.75, 3.05) is 13.2 Å². The first-order valence-corrected chi connectivity index (χ1v) is 4.07. The van der Waals surface area contributed by atoms with Gasteiger partial charge in [-0.15, -0.1) is 0 Å². The summed E-state index contributed by atoms with van der Waals surface area (Å²) in [6, 6.07) is 0. The van der Waals surface area contributed by atoms with E-state index in [2.05, 4.69) is 10.4 Å². The van der Waals surface area contributed by atoms with Crippen molar-refractivity contribution in [3.05, 3.63) is 18.0 Å². The first kappa shape index (κ1) is 9.19. The Balaban J connectivity index is 2.15. The van der Waals surface area contributed by atoms with Gasteiger partial charge in [-0.1, -0.05) is 0 Å². The van der Waals surface area contributed by atoms with E-state index in [0.29, 0.717) is 6.42 Å². The maximum absolute atomic E-state index is 11.7. The lowest BCUT2D eigenvalue weighted by atomic mass is 10.3. The number of nitrogens with one attached hydrogen (secondary N) is 1. The SMILES string of the molecule is Cn1cc(CNCCCF)cn1. The summed E-state index contributed by atoms with van der Waals surface area (Å²) in [6.45, 7) is 1.25. The van der Waals surface area contributed by atoms with Crippen molar-refractivity contribution >= 4 is 0 Å². The second kappa shape index (κ2) is 4.87. The molecular formula is C8H14FN3. The maximum atomic E-state index is 11.7. The molecule has 0 aliphatic rings. The molecule has 1 N–H and O–H groups in total. The van der Waals surface area contributed by atoms with Gasteiger partial charge in [0.2, 0.25) is 0 Å². The fraction of sp³-hybridized carbons (Fsp3) is 0.625. The molecule has 4 heteroatoms. The number of alkyl halides is 1. The Morgan fingerprint density at radius 2 is 2.50 bits per heavy atom. The number of aryl methyl sites for hydroxylation is 1. The molecule has 0 bridgehead atoms. The Morgan fingerprint density at radius 1 is 1.67 bits per heavy atom.